The van der Waals surface area contributed by atoms with Crippen molar-refractivity contribution in [2.24, 2.45) is 0 Å². The van der Waals surface area contributed by atoms with Crippen LogP contribution in [0.3, 0.4) is 0 Å². The van der Waals surface area contributed by atoms with E-state index >= 15 is 0 Å². The van der Waals surface area contributed by atoms with Crippen molar-refractivity contribution in [3.8, 4) is 0 Å². The predicted molar refractivity (Wildman–Crippen MR) is 89.8 cm³/mol. The summed E-state index contributed by atoms with van der Waals surface area (Å²) in [6.07, 6.45) is 1.63. The first kappa shape index (κ1) is 14.3. The van der Waals surface area contributed by atoms with Crippen LogP contribution in [0.15, 0.2) is 60.5 Å². The third kappa shape index (κ3) is 2.84. The summed E-state index contributed by atoms with van der Waals surface area (Å²) >= 11 is 6.10. The van der Waals surface area contributed by atoms with E-state index in [1.807, 2.05) is 42.5 Å². The number of carbonyl (C=O) groups is 1. The average molecular weight is 326 g/mol. The van der Waals surface area contributed by atoms with Crippen molar-refractivity contribution < 1.29 is 9.53 Å². The molecule has 1 fully saturated rings. The van der Waals surface area contributed by atoms with Crippen molar-refractivity contribution in [2.45, 2.75) is 25.0 Å². The van der Waals surface area contributed by atoms with Crippen LogP contribution in [-0.2, 0) is 9.53 Å². The third-order valence-corrected chi connectivity index (χ3v) is 4.31. The average Bonchev–Trinajstić information content (AvgIpc) is 3.31. The van der Waals surface area contributed by atoms with E-state index in [9.17, 15) is 4.79 Å². The highest BCUT2D eigenvalue weighted by atomic mass is 35.5. The highest BCUT2D eigenvalue weighted by Crippen LogP contribution is 2.38. The van der Waals surface area contributed by atoms with E-state index in [-0.39, 0.29) is 5.78 Å². The number of hydrogen-bond acceptors (Lipinski definition) is 3. The molecule has 1 aliphatic carbocycles. The minimum atomic E-state index is -0.591. The maximum atomic E-state index is 13.0. The van der Waals surface area contributed by atoms with E-state index in [1.54, 1.807) is 12.1 Å². The molecule has 0 radical (unpaired) electrons. The minimum Gasteiger partial charge on any atom is -0.462 e. The lowest BCUT2D eigenvalue weighted by molar-refractivity contribution is -0.120. The number of ether oxygens (including phenoxy) is 1. The first-order valence-corrected chi connectivity index (χ1v) is 8.13. The van der Waals surface area contributed by atoms with E-state index in [1.165, 1.54) is 0 Å². The Kier molecular flexibility index (Phi) is 3.58. The Morgan fingerprint density at radius 1 is 1.04 bits per heavy atom. The molecule has 0 saturated heterocycles. The first-order valence-electron chi connectivity index (χ1n) is 7.75. The number of benzene rings is 2. The van der Waals surface area contributed by atoms with Crippen LogP contribution < -0.4 is 5.32 Å². The van der Waals surface area contributed by atoms with Crippen LogP contribution in [0.25, 0.3) is 5.57 Å². The Bertz CT molecular complexity index is 781. The Hall–Kier alpha value is -2.26. The molecule has 1 N–H and O–H groups in total. The predicted octanol–water partition coefficient (Wildman–Crippen LogP) is 4.10. The zero-order valence-corrected chi connectivity index (χ0v) is 13.2. The van der Waals surface area contributed by atoms with Crippen LogP contribution in [0.5, 0.6) is 0 Å². The molecule has 116 valence electrons. The monoisotopic (exact) mass is 325 g/mol. The fraction of sp³-hybridized carbons (Fsp3) is 0.211. The number of nitrogens with one attached hydrogen (secondary N) is 1. The molecular formula is C19H16ClNO2. The summed E-state index contributed by atoms with van der Waals surface area (Å²) in [5.74, 6) is 0.551. The van der Waals surface area contributed by atoms with Crippen LogP contribution in [-0.4, -0.2) is 11.8 Å². The maximum absolute atomic E-state index is 13.0. The summed E-state index contributed by atoms with van der Waals surface area (Å²) in [7, 11) is 0. The molecule has 1 unspecified atom stereocenters. The van der Waals surface area contributed by atoms with Gasteiger partial charge in [0.1, 0.15) is 0 Å². The molecule has 4 rings (SSSR count). The van der Waals surface area contributed by atoms with Gasteiger partial charge in [-0.1, -0.05) is 54.1 Å². The van der Waals surface area contributed by atoms with E-state index in [4.69, 9.17) is 16.3 Å². The van der Waals surface area contributed by atoms with Gasteiger partial charge in [0.25, 0.3) is 0 Å². The molecule has 1 saturated carbocycles. The Labute approximate surface area is 139 Å². The van der Waals surface area contributed by atoms with Crippen molar-refractivity contribution in [1.29, 1.82) is 0 Å². The van der Waals surface area contributed by atoms with Gasteiger partial charge in [0.15, 0.2) is 12.0 Å². The lowest BCUT2D eigenvalue weighted by Gasteiger charge is -2.12. The maximum Gasteiger partial charge on any atom is 0.213 e. The molecule has 2 aromatic rings. The molecule has 1 heterocycles. The second kappa shape index (κ2) is 5.74. The minimum absolute atomic E-state index is 0.0263. The van der Waals surface area contributed by atoms with E-state index in [2.05, 4.69) is 5.32 Å². The summed E-state index contributed by atoms with van der Waals surface area (Å²) in [6, 6.07) is 17.3. The molecule has 0 bridgehead atoms. The zero-order chi connectivity index (χ0) is 15.8. The Balaban J connectivity index is 1.73. The van der Waals surface area contributed by atoms with Crippen molar-refractivity contribution >= 4 is 23.0 Å². The third-order valence-electron chi connectivity index (χ3n) is 4.08. The van der Waals surface area contributed by atoms with Gasteiger partial charge in [-0.2, -0.15) is 0 Å². The summed E-state index contributed by atoms with van der Waals surface area (Å²) in [4.78, 5) is 13.0. The summed E-state index contributed by atoms with van der Waals surface area (Å²) in [5, 5.41) is 3.95. The van der Waals surface area contributed by atoms with Crippen LogP contribution in [0.2, 0.25) is 5.02 Å². The Morgan fingerprint density at radius 3 is 2.52 bits per heavy atom. The smallest absolute Gasteiger partial charge is 0.213 e. The van der Waals surface area contributed by atoms with Crippen molar-refractivity contribution in [2.75, 3.05) is 0 Å². The lowest BCUT2D eigenvalue weighted by Crippen LogP contribution is -2.17. The molecule has 1 atom stereocenters. The van der Waals surface area contributed by atoms with Gasteiger partial charge in [-0.25, -0.2) is 0 Å². The highest BCUT2D eigenvalue weighted by molar-refractivity contribution is 6.31. The van der Waals surface area contributed by atoms with Gasteiger partial charge in [-0.3, -0.25) is 4.79 Å². The van der Waals surface area contributed by atoms with E-state index in [0.717, 1.165) is 24.0 Å². The number of carbonyl (C=O) groups excluding carboxylic acids is 1. The Morgan fingerprint density at radius 2 is 1.83 bits per heavy atom. The van der Waals surface area contributed by atoms with E-state index < -0.39 is 6.10 Å². The van der Waals surface area contributed by atoms with Gasteiger partial charge in [0, 0.05) is 16.6 Å². The van der Waals surface area contributed by atoms with Crippen molar-refractivity contribution in [3.63, 3.8) is 0 Å². The molecule has 0 spiro atoms. The normalized spacial score (nSPS) is 20.6. The molecule has 2 aliphatic rings. The number of hydrogen-bond donors (Lipinski definition) is 1. The van der Waals surface area contributed by atoms with Gasteiger partial charge in [0.2, 0.25) is 5.78 Å². The van der Waals surface area contributed by atoms with Crippen molar-refractivity contribution in [3.05, 3.63) is 76.6 Å². The number of Topliss-reactive ketones (excluding diaryl/α,β-unsaturated/α-hetero) is 1. The molecule has 1 aliphatic heterocycles. The standard InChI is InChI=1S/C19H16ClNO2/c20-14-8-4-7-13(11-14)16-17(22)18(12-5-2-1-3-6-12)23-19(16)21-15-9-10-15/h1-8,11,15,18,21H,9-10H2. The second-order valence-electron chi connectivity index (χ2n) is 5.91. The van der Waals surface area contributed by atoms with Crippen LogP contribution in [0.1, 0.15) is 30.1 Å². The molecule has 4 heteroatoms. The van der Waals surface area contributed by atoms with Crippen molar-refractivity contribution in [1.82, 2.24) is 5.32 Å². The second-order valence-corrected chi connectivity index (χ2v) is 6.34. The fourth-order valence-electron chi connectivity index (χ4n) is 2.76. The largest absolute Gasteiger partial charge is 0.462 e. The lowest BCUT2D eigenvalue weighted by atomic mass is 9.97. The molecule has 3 nitrogen and oxygen atoms in total. The number of rotatable bonds is 4. The van der Waals surface area contributed by atoms with Gasteiger partial charge in [-0.05, 0) is 30.5 Å². The summed E-state index contributed by atoms with van der Waals surface area (Å²) in [6.45, 7) is 0. The van der Waals surface area contributed by atoms with Gasteiger partial charge in [0.05, 0.1) is 5.57 Å². The van der Waals surface area contributed by atoms with Crippen LogP contribution in [0, 0.1) is 0 Å². The highest BCUT2D eigenvalue weighted by Gasteiger charge is 2.39. The number of halogens is 1. The number of ketones is 1. The first-order chi connectivity index (χ1) is 11.2. The van der Waals surface area contributed by atoms with Gasteiger partial charge >= 0.3 is 0 Å². The fourth-order valence-corrected chi connectivity index (χ4v) is 2.95. The van der Waals surface area contributed by atoms with Crippen LogP contribution >= 0.6 is 11.6 Å². The zero-order valence-electron chi connectivity index (χ0n) is 12.5. The topological polar surface area (TPSA) is 38.3 Å². The summed E-state index contributed by atoms with van der Waals surface area (Å²) < 4.78 is 5.99. The SMILES string of the molecule is O=C1C(c2cccc(Cl)c2)=C(NC2CC2)OC1c1ccccc1. The molecule has 2 aromatic carbocycles. The van der Waals surface area contributed by atoms with E-state index in [0.29, 0.717) is 22.5 Å². The molecular weight excluding hydrogens is 310 g/mol. The molecule has 0 aromatic heterocycles. The van der Waals surface area contributed by atoms with Gasteiger partial charge < -0.3 is 10.1 Å². The van der Waals surface area contributed by atoms with Crippen LogP contribution in [0.4, 0.5) is 0 Å². The molecule has 0 amide bonds. The summed E-state index contributed by atoms with van der Waals surface area (Å²) in [5.41, 5.74) is 2.25. The molecule has 23 heavy (non-hydrogen) atoms. The quantitative estimate of drug-likeness (QED) is 0.919. The van der Waals surface area contributed by atoms with Gasteiger partial charge in [-0.15, -0.1) is 0 Å².